The Balaban J connectivity index is 2.87. The molecule has 1 aromatic carbocycles. The summed E-state index contributed by atoms with van der Waals surface area (Å²) in [4.78, 5) is 23.4. The Morgan fingerprint density at radius 3 is 2.72 bits per heavy atom. The average molecular weight is 273 g/mol. The van der Waals surface area contributed by atoms with Gasteiger partial charge < -0.3 is 9.64 Å². The molecule has 0 N–H and O–H groups in total. The summed E-state index contributed by atoms with van der Waals surface area (Å²) in [6.07, 6.45) is 0. The molecule has 6 nitrogen and oxygen atoms in total. The van der Waals surface area contributed by atoms with Gasteiger partial charge >= 0.3 is 0 Å². The van der Waals surface area contributed by atoms with Crippen LogP contribution < -0.4 is 0 Å². The number of nitrogens with zero attached hydrogens (tertiary/aromatic N) is 2. The number of carbonyl (C=O) groups excluding carboxylic acids is 1. The van der Waals surface area contributed by atoms with Crippen molar-refractivity contribution in [3.63, 3.8) is 0 Å². The van der Waals surface area contributed by atoms with Gasteiger partial charge in [0.15, 0.2) is 0 Å². The monoisotopic (exact) mass is 272 g/mol. The van der Waals surface area contributed by atoms with Gasteiger partial charge in [-0.05, 0) is 12.1 Å². The van der Waals surface area contributed by atoms with Gasteiger partial charge in [-0.15, -0.1) is 0 Å². The minimum atomic E-state index is -0.592. The third-order valence-corrected chi connectivity index (χ3v) is 2.67. The molecule has 0 unspecified atom stereocenters. The highest BCUT2D eigenvalue weighted by atomic mass is 35.5. The maximum atomic E-state index is 11.9. The Bertz CT molecular complexity index is 464. The zero-order valence-electron chi connectivity index (χ0n) is 10.1. The van der Waals surface area contributed by atoms with Gasteiger partial charge in [0.2, 0.25) is 0 Å². The van der Waals surface area contributed by atoms with E-state index in [1.54, 1.807) is 14.2 Å². The second-order valence-electron chi connectivity index (χ2n) is 3.64. The van der Waals surface area contributed by atoms with E-state index >= 15 is 0 Å². The van der Waals surface area contributed by atoms with E-state index in [4.69, 9.17) is 16.3 Å². The van der Waals surface area contributed by atoms with Crippen LogP contribution in [-0.2, 0) is 4.74 Å². The Hall–Kier alpha value is -1.66. The van der Waals surface area contributed by atoms with Crippen molar-refractivity contribution in [1.29, 1.82) is 0 Å². The molecule has 0 atom stereocenters. The Labute approximate surface area is 109 Å². The highest BCUT2D eigenvalue weighted by Crippen LogP contribution is 2.25. The fraction of sp³-hybridized carbons (Fsp3) is 0.364. The van der Waals surface area contributed by atoms with E-state index in [0.717, 1.165) is 0 Å². The van der Waals surface area contributed by atoms with Gasteiger partial charge in [-0.2, -0.15) is 0 Å². The third kappa shape index (κ3) is 3.41. The molecule has 0 radical (unpaired) electrons. The van der Waals surface area contributed by atoms with Crippen molar-refractivity contribution in [3.05, 3.63) is 38.9 Å². The number of rotatable bonds is 5. The number of halogens is 1. The van der Waals surface area contributed by atoms with Crippen molar-refractivity contribution >= 4 is 23.2 Å². The second-order valence-corrected chi connectivity index (χ2v) is 4.05. The number of nitro groups is 1. The minimum absolute atomic E-state index is 0.0500. The van der Waals surface area contributed by atoms with E-state index < -0.39 is 4.92 Å². The predicted octanol–water partition coefficient (Wildman–Crippen LogP) is 1.97. The smallest absolute Gasteiger partial charge is 0.287 e. The van der Waals surface area contributed by atoms with Crippen LogP contribution in [0.25, 0.3) is 0 Å². The molecule has 0 bridgehead atoms. The van der Waals surface area contributed by atoms with Gasteiger partial charge in [0.1, 0.15) is 5.02 Å². The van der Waals surface area contributed by atoms with Crippen LogP contribution in [-0.4, -0.2) is 43.0 Å². The van der Waals surface area contributed by atoms with Crippen molar-refractivity contribution in [1.82, 2.24) is 4.90 Å². The first-order valence-electron chi connectivity index (χ1n) is 5.15. The maximum absolute atomic E-state index is 11.9. The van der Waals surface area contributed by atoms with E-state index in [9.17, 15) is 14.9 Å². The number of amides is 1. The fourth-order valence-electron chi connectivity index (χ4n) is 1.34. The van der Waals surface area contributed by atoms with Gasteiger partial charge in [0.25, 0.3) is 11.6 Å². The van der Waals surface area contributed by atoms with E-state index in [1.807, 2.05) is 0 Å². The number of nitro benzene ring substituents is 1. The highest BCUT2D eigenvalue weighted by Gasteiger charge is 2.17. The molecule has 1 aromatic rings. The highest BCUT2D eigenvalue weighted by molar-refractivity contribution is 6.33. The van der Waals surface area contributed by atoms with Crippen LogP contribution in [0.15, 0.2) is 18.2 Å². The molecule has 18 heavy (non-hydrogen) atoms. The van der Waals surface area contributed by atoms with Crippen LogP contribution in [0, 0.1) is 10.1 Å². The standard InChI is InChI=1S/C11H13ClN2O4/c1-13(5-6-18-2)11(15)8-3-4-10(14(16)17)9(12)7-8/h3-4,7H,5-6H2,1-2H3. The Morgan fingerprint density at radius 1 is 1.56 bits per heavy atom. The Morgan fingerprint density at radius 2 is 2.22 bits per heavy atom. The van der Waals surface area contributed by atoms with Crippen molar-refractivity contribution in [2.75, 3.05) is 27.3 Å². The molecule has 0 saturated heterocycles. The molecule has 0 heterocycles. The van der Waals surface area contributed by atoms with E-state index in [-0.39, 0.29) is 16.6 Å². The lowest BCUT2D eigenvalue weighted by Crippen LogP contribution is -2.29. The van der Waals surface area contributed by atoms with Gasteiger partial charge in [-0.1, -0.05) is 11.6 Å². The van der Waals surface area contributed by atoms with Crippen molar-refractivity contribution in [3.8, 4) is 0 Å². The van der Waals surface area contributed by atoms with E-state index in [2.05, 4.69) is 0 Å². The summed E-state index contributed by atoms with van der Waals surface area (Å²) in [7, 11) is 3.16. The lowest BCUT2D eigenvalue weighted by Gasteiger charge is -2.16. The van der Waals surface area contributed by atoms with Crippen LogP contribution in [0.4, 0.5) is 5.69 Å². The summed E-state index contributed by atoms with van der Waals surface area (Å²) < 4.78 is 4.86. The SMILES string of the molecule is COCCN(C)C(=O)c1ccc([N+](=O)[O-])c(Cl)c1. The molecule has 1 rings (SSSR count). The molecule has 0 spiro atoms. The van der Waals surface area contributed by atoms with Gasteiger partial charge in [-0.25, -0.2) is 0 Å². The van der Waals surface area contributed by atoms with Crippen LogP contribution in [0.3, 0.4) is 0 Å². The first-order valence-corrected chi connectivity index (χ1v) is 5.53. The van der Waals surface area contributed by atoms with Gasteiger partial charge in [-0.3, -0.25) is 14.9 Å². The maximum Gasteiger partial charge on any atom is 0.287 e. The number of hydrogen-bond donors (Lipinski definition) is 0. The number of benzene rings is 1. The van der Waals surface area contributed by atoms with Crippen LogP contribution in [0.2, 0.25) is 5.02 Å². The molecule has 7 heteroatoms. The molecule has 0 aromatic heterocycles. The largest absolute Gasteiger partial charge is 0.383 e. The summed E-state index contributed by atoms with van der Waals surface area (Å²) >= 11 is 5.74. The lowest BCUT2D eigenvalue weighted by molar-refractivity contribution is -0.384. The summed E-state index contributed by atoms with van der Waals surface area (Å²) in [6, 6.07) is 3.90. The summed E-state index contributed by atoms with van der Waals surface area (Å²) in [5, 5.41) is 10.5. The molecule has 98 valence electrons. The number of likely N-dealkylation sites (N-methyl/N-ethyl adjacent to an activating group) is 1. The molecule has 0 fully saturated rings. The molecule has 0 saturated carbocycles. The van der Waals surface area contributed by atoms with Crippen molar-refractivity contribution in [2.45, 2.75) is 0 Å². The van der Waals surface area contributed by atoms with Crippen molar-refractivity contribution < 1.29 is 14.5 Å². The normalized spacial score (nSPS) is 10.2. The summed E-state index contributed by atoms with van der Waals surface area (Å²) in [5.74, 6) is -0.260. The molecule has 0 aliphatic heterocycles. The van der Waals surface area contributed by atoms with Crippen LogP contribution in [0.5, 0.6) is 0 Å². The zero-order valence-corrected chi connectivity index (χ0v) is 10.8. The number of ether oxygens (including phenoxy) is 1. The topological polar surface area (TPSA) is 72.7 Å². The minimum Gasteiger partial charge on any atom is -0.383 e. The fourth-order valence-corrected chi connectivity index (χ4v) is 1.59. The Kier molecular flexibility index (Phi) is 5.06. The number of hydrogen-bond acceptors (Lipinski definition) is 4. The van der Waals surface area contributed by atoms with Crippen LogP contribution in [0.1, 0.15) is 10.4 Å². The first kappa shape index (κ1) is 14.4. The van der Waals surface area contributed by atoms with E-state index in [1.165, 1.54) is 23.1 Å². The van der Waals surface area contributed by atoms with Crippen LogP contribution >= 0.6 is 11.6 Å². The summed E-state index contributed by atoms with van der Waals surface area (Å²) in [6.45, 7) is 0.854. The molecular weight excluding hydrogens is 260 g/mol. The van der Waals surface area contributed by atoms with E-state index in [0.29, 0.717) is 18.7 Å². The lowest BCUT2D eigenvalue weighted by atomic mass is 10.2. The van der Waals surface area contributed by atoms with Gasteiger partial charge in [0, 0.05) is 32.3 Å². The predicted molar refractivity (Wildman–Crippen MR) is 66.9 cm³/mol. The molecular formula is C11H13ClN2O4. The average Bonchev–Trinajstić information content (AvgIpc) is 2.34. The zero-order chi connectivity index (χ0) is 13.7. The second kappa shape index (κ2) is 6.32. The van der Waals surface area contributed by atoms with Crippen molar-refractivity contribution in [2.24, 2.45) is 0 Å². The molecule has 1 amide bonds. The number of carbonyl (C=O) groups is 1. The molecule has 0 aliphatic rings. The third-order valence-electron chi connectivity index (χ3n) is 2.37. The van der Waals surface area contributed by atoms with Gasteiger partial charge in [0.05, 0.1) is 11.5 Å². The molecule has 0 aliphatic carbocycles. The quantitative estimate of drug-likeness (QED) is 0.607. The first-order chi connectivity index (χ1) is 8.47. The summed E-state index contributed by atoms with van der Waals surface area (Å²) in [5.41, 5.74) is 0.0944. The number of methoxy groups -OCH3 is 1.